The molecule has 0 saturated heterocycles. The lowest BCUT2D eigenvalue weighted by Gasteiger charge is -2.11. The van der Waals surface area contributed by atoms with Crippen molar-refractivity contribution in [2.24, 2.45) is 11.0 Å². The highest BCUT2D eigenvalue weighted by atomic mass is 127. The van der Waals surface area contributed by atoms with Crippen LogP contribution in [-0.4, -0.2) is 29.7 Å². The molecule has 1 atom stereocenters. The molecule has 0 aliphatic rings. The van der Waals surface area contributed by atoms with Gasteiger partial charge in [-0.2, -0.15) is 5.10 Å². The summed E-state index contributed by atoms with van der Waals surface area (Å²) < 4.78 is 19.5. The fourth-order valence-corrected chi connectivity index (χ4v) is 2.75. The Morgan fingerprint density at radius 3 is 2.71 bits per heavy atom. The van der Waals surface area contributed by atoms with E-state index < -0.39 is 23.5 Å². The van der Waals surface area contributed by atoms with Gasteiger partial charge in [0.2, 0.25) is 5.91 Å². The van der Waals surface area contributed by atoms with Gasteiger partial charge in [0.15, 0.2) is 11.5 Å². The van der Waals surface area contributed by atoms with Gasteiger partial charge >= 0.3 is 0 Å². The van der Waals surface area contributed by atoms with Crippen molar-refractivity contribution in [1.82, 2.24) is 5.43 Å². The standard InChI is InChI=1S/C19H19FIN3O4/c1-3-28-16-9-12(8-14(21)17(16)25)10-22-24-19(27)11(2)18(26)23-15-7-5-4-6-13(15)20/h4-11,25H,3H2,1-2H3,(H,23,26)(H,24,27)/b22-10+. The predicted octanol–water partition coefficient (Wildman–Crippen LogP) is 3.26. The molecule has 148 valence electrons. The predicted molar refractivity (Wildman–Crippen MR) is 112 cm³/mol. The van der Waals surface area contributed by atoms with Crippen LogP contribution in [0, 0.1) is 15.3 Å². The van der Waals surface area contributed by atoms with Crippen molar-refractivity contribution in [2.45, 2.75) is 13.8 Å². The highest BCUT2D eigenvalue weighted by Crippen LogP contribution is 2.32. The van der Waals surface area contributed by atoms with Crippen molar-refractivity contribution in [2.75, 3.05) is 11.9 Å². The highest BCUT2D eigenvalue weighted by Gasteiger charge is 2.22. The summed E-state index contributed by atoms with van der Waals surface area (Å²) in [6.07, 6.45) is 1.36. The lowest BCUT2D eigenvalue weighted by molar-refractivity contribution is -0.131. The number of phenols is 1. The van der Waals surface area contributed by atoms with Crippen LogP contribution in [0.1, 0.15) is 19.4 Å². The molecule has 2 rings (SSSR count). The molecule has 3 N–H and O–H groups in total. The number of halogens is 2. The molecule has 1 unspecified atom stereocenters. The number of phenolic OH excluding ortho intramolecular Hbond substituents is 1. The van der Waals surface area contributed by atoms with E-state index in [0.29, 0.717) is 21.5 Å². The molecule has 2 amide bonds. The number of nitrogens with zero attached hydrogens (tertiary/aromatic N) is 1. The molecule has 0 fully saturated rings. The number of benzene rings is 2. The average molecular weight is 499 g/mol. The van der Waals surface area contributed by atoms with Crippen molar-refractivity contribution >= 4 is 46.3 Å². The second-order valence-electron chi connectivity index (χ2n) is 5.71. The molecule has 7 nitrogen and oxygen atoms in total. The molecule has 0 aliphatic heterocycles. The smallest absolute Gasteiger partial charge is 0.252 e. The summed E-state index contributed by atoms with van der Waals surface area (Å²) in [5.41, 5.74) is 2.86. The highest BCUT2D eigenvalue weighted by molar-refractivity contribution is 14.1. The fourth-order valence-electron chi connectivity index (χ4n) is 2.12. The van der Waals surface area contributed by atoms with E-state index in [9.17, 15) is 19.1 Å². The van der Waals surface area contributed by atoms with Gasteiger partial charge in [0.25, 0.3) is 5.91 Å². The summed E-state index contributed by atoms with van der Waals surface area (Å²) >= 11 is 1.95. The van der Waals surface area contributed by atoms with Crippen molar-refractivity contribution in [3.05, 3.63) is 51.3 Å². The summed E-state index contributed by atoms with van der Waals surface area (Å²) in [7, 11) is 0. The Bertz CT molecular complexity index is 905. The maximum absolute atomic E-state index is 13.6. The molecule has 0 spiro atoms. The summed E-state index contributed by atoms with van der Waals surface area (Å²) in [5, 5.41) is 16.1. The van der Waals surface area contributed by atoms with E-state index in [-0.39, 0.29) is 11.4 Å². The quantitative estimate of drug-likeness (QED) is 0.236. The number of para-hydroxylation sites is 1. The zero-order valence-corrected chi connectivity index (χ0v) is 17.4. The van der Waals surface area contributed by atoms with Crippen LogP contribution in [0.25, 0.3) is 0 Å². The van der Waals surface area contributed by atoms with Gasteiger partial charge in [0.1, 0.15) is 11.7 Å². The second-order valence-corrected chi connectivity index (χ2v) is 6.87. The molecular weight excluding hydrogens is 480 g/mol. The van der Waals surface area contributed by atoms with Crippen LogP contribution in [0.5, 0.6) is 11.5 Å². The van der Waals surface area contributed by atoms with Crippen LogP contribution in [0.15, 0.2) is 41.5 Å². The molecule has 0 heterocycles. The number of anilines is 1. The van der Waals surface area contributed by atoms with Gasteiger partial charge < -0.3 is 15.2 Å². The average Bonchev–Trinajstić information content (AvgIpc) is 2.66. The van der Waals surface area contributed by atoms with Crippen molar-refractivity contribution in [3.63, 3.8) is 0 Å². The van der Waals surface area contributed by atoms with Crippen molar-refractivity contribution in [1.29, 1.82) is 0 Å². The molecule has 28 heavy (non-hydrogen) atoms. The second kappa shape index (κ2) is 10.0. The Labute approximate surface area is 175 Å². The Hall–Kier alpha value is -2.69. The third kappa shape index (κ3) is 5.65. The first-order chi connectivity index (χ1) is 13.3. The maximum Gasteiger partial charge on any atom is 0.252 e. The minimum absolute atomic E-state index is 0.00206. The molecular formula is C19H19FIN3O4. The van der Waals surface area contributed by atoms with E-state index in [1.54, 1.807) is 25.1 Å². The van der Waals surface area contributed by atoms with E-state index in [1.807, 2.05) is 22.6 Å². The number of carbonyl (C=O) groups is 2. The van der Waals surface area contributed by atoms with Gasteiger partial charge in [0.05, 0.1) is 22.1 Å². The molecule has 2 aromatic rings. The van der Waals surface area contributed by atoms with Crippen LogP contribution in [0.4, 0.5) is 10.1 Å². The van der Waals surface area contributed by atoms with Gasteiger partial charge in [0, 0.05) is 0 Å². The number of amides is 2. The van der Waals surface area contributed by atoms with E-state index in [4.69, 9.17) is 4.74 Å². The summed E-state index contributed by atoms with van der Waals surface area (Å²) in [4.78, 5) is 24.2. The van der Waals surface area contributed by atoms with Gasteiger partial charge in [-0.05, 0) is 66.3 Å². The number of rotatable bonds is 7. The van der Waals surface area contributed by atoms with Gasteiger partial charge in [-0.1, -0.05) is 12.1 Å². The lowest BCUT2D eigenvalue weighted by atomic mass is 10.1. The molecule has 0 saturated carbocycles. The third-order valence-electron chi connectivity index (χ3n) is 3.66. The van der Waals surface area contributed by atoms with Crippen molar-refractivity contribution in [3.8, 4) is 11.5 Å². The Morgan fingerprint density at radius 1 is 1.32 bits per heavy atom. The van der Waals surface area contributed by atoms with Crippen molar-refractivity contribution < 1.29 is 23.8 Å². The first-order valence-corrected chi connectivity index (χ1v) is 9.45. The maximum atomic E-state index is 13.6. The SMILES string of the molecule is CCOc1cc(/C=N/NC(=O)C(C)C(=O)Nc2ccccc2F)cc(I)c1O. The topological polar surface area (TPSA) is 100 Å². The van der Waals surface area contributed by atoms with E-state index in [0.717, 1.165) is 0 Å². The van der Waals surface area contributed by atoms with E-state index in [1.165, 1.54) is 31.3 Å². The number of hydrazone groups is 1. The van der Waals surface area contributed by atoms with Gasteiger partial charge in [-0.25, -0.2) is 9.82 Å². The summed E-state index contributed by atoms with van der Waals surface area (Å²) in [6.45, 7) is 3.56. The van der Waals surface area contributed by atoms with Crippen LogP contribution < -0.4 is 15.5 Å². The number of hydrogen-bond acceptors (Lipinski definition) is 5. The number of hydrogen-bond donors (Lipinski definition) is 3. The van der Waals surface area contributed by atoms with Crippen LogP contribution in [0.2, 0.25) is 0 Å². The van der Waals surface area contributed by atoms with E-state index >= 15 is 0 Å². The zero-order chi connectivity index (χ0) is 20.7. The first-order valence-electron chi connectivity index (χ1n) is 8.37. The molecule has 2 aromatic carbocycles. The number of nitrogens with one attached hydrogen (secondary N) is 2. The number of aromatic hydroxyl groups is 1. The first kappa shape index (κ1) is 21.6. The van der Waals surface area contributed by atoms with Crippen LogP contribution >= 0.6 is 22.6 Å². The number of ether oxygens (including phenoxy) is 1. The Kier molecular flexibility index (Phi) is 7.73. The molecule has 0 radical (unpaired) electrons. The summed E-state index contributed by atoms with van der Waals surface area (Å²) in [5.74, 6) is -2.65. The largest absolute Gasteiger partial charge is 0.504 e. The third-order valence-corrected chi connectivity index (χ3v) is 4.48. The molecule has 0 aromatic heterocycles. The molecule has 9 heteroatoms. The Morgan fingerprint density at radius 2 is 2.04 bits per heavy atom. The number of carbonyl (C=O) groups excluding carboxylic acids is 2. The minimum atomic E-state index is -1.09. The fraction of sp³-hybridized carbons (Fsp3) is 0.211. The molecule has 0 aliphatic carbocycles. The van der Waals surface area contributed by atoms with Crippen LogP contribution in [-0.2, 0) is 9.59 Å². The Balaban J connectivity index is 1.99. The minimum Gasteiger partial charge on any atom is -0.504 e. The normalized spacial score (nSPS) is 11.9. The van der Waals surface area contributed by atoms with E-state index in [2.05, 4.69) is 15.8 Å². The van der Waals surface area contributed by atoms with Gasteiger partial charge in [-0.15, -0.1) is 0 Å². The lowest BCUT2D eigenvalue weighted by Crippen LogP contribution is -2.34. The monoisotopic (exact) mass is 499 g/mol. The van der Waals surface area contributed by atoms with Crippen LogP contribution in [0.3, 0.4) is 0 Å². The molecule has 0 bridgehead atoms. The van der Waals surface area contributed by atoms with Gasteiger partial charge in [-0.3, -0.25) is 9.59 Å². The summed E-state index contributed by atoms with van der Waals surface area (Å²) in [6, 6.07) is 8.91. The zero-order valence-electron chi connectivity index (χ0n) is 15.2.